The van der Waals surface area contributed by atoms with E-state index in [9.17, 15) is 4.79 Å². The van der Waals surface area contributed by atoms with Crippen LogP contribution < -0.4 is 5.32 Å². The lowest BCUT2D eigenvalue weighted by Gasteiger charge is -1.83. The second-order valence-corrected chi connectivity index (χ2v) is 3.64. The number of nitrogens with zero attached hydrogens (tertiary/aromatic N) is 1. The standard InChI is InChI=1S/C4H3BrN2OS/c5-3-1-6-4(9-3)7-2-8/h1-2H,(H,6,7,8). The lowest BCUT2D eigenvalue weighted by Crippen LogP contribution is -1.90. The Labute approximate surface area is 64.2 Å². The van der Waals surface area contributed by atoms with E-state index in [0.717, 1.165) is 3.79 Å². The van der Waals surface area contributed by atoms with Gasteiger partial charge < -0.3 is 5.32 Å². The third-order valence-corrected chi connectivity index (χ3v) is 2.07. The fourth-order valence-corrected chi connectivity index (χ4v) is 1.44. The highest BCUT2D eigenvalue weighted by Gasteiger charge is 1.94. The van der Waals surface area contributed by atoms with Gasteiger partial charge in [-0.25, -0.2) is 4.98 Å². The lowest BCUT2D eigenvalue weighted by molar-refractivity contribution is -0.105. The summed E-state index contributed by atoms with van der Waals surface area (Å²) in [5.74, 6) is 0. The van der Waals surface area contributed by atoms with Crippen molar-refractivity contribution in [3.63, 3.8) is 0 Å². The van der Waals surface area contributed by atoms with Crippen molar-refractivity contribution in [2.75, 3.05) is 5.32 Å². The average molecular weight is 207 g/mol. The molecule has 9 heavy (non-hydrogen) atoms. The first-order valence-corrected chi connectivity index (χ1v) is 3.75. The summed E-state index contributed by atoms with van der Waals surface area (Å²) in [4.78, 5) is 13.7. The molecule has 48 valence electrons. The molecule has 0 saturated heterocycles. The van der Waals surface area contributed by atoms with E-state index in [1.165, 1.54) is 11.3 Å². The monoisotopic (exact) mass is 206 g/mol. The zero-order valence-electron chi connectivity index (χ0n) is 4.30. The average Bonchev–Trinajstić information content (AvgIpc) is 2.17. The molecule has 1 aromatic heterocycles. The zero-order valence-corrected chi connectivity index (χ0v) is 6.70. The molecule has 0 atom stereocenters. The molecule has 0 aliphatic carbocycles. The molecule has 0 bridgehead atoms. The van der Waals surface area contributed by atoms with Crippen LogP contribution in [0.4, 0.5) is 5.13 Å². The van der Waals surface area contributed by atoms with Gasteiger partial charge in [0.1, 0.15) is 0 Å². The number of halogens is 1. The molecule has 1 heterocycles. The van der Waals surface area contributed by atoms with Gasteiger partial charge in [-0.2, -0.15) is 0 Å². The van der Waals surface area contributed by atoms with E-state index in [1.807, 2.05) is 0 Å². The zero-order chi connectivity index (χ0) is 6.69. The number of carbonyl (C=O) groups is 1. The second kappa shape index (κ2) is 2.93. The highest BCUT2D eigenvalue weighted by Crippen LogP contribution is 2.22. The molecule has 5 heteroatoms. The van der Waals surface area contributed by atoms with E-state index < -0.39 is 0 Å². The Morgan fingerprint density at radius 1 is 1.89 bits per heavy atom. The van der Waals surface area contributed by atoms with Gasteiger partial charge in [-0.3, -0.25) is 4.79 Å². The molecular weight excluding hydrogens is 204 g/mol. The van der Waals surface area contributed by atoms with Crippen molar-refractivity contribution in [3.05, 3.63) is 9.98 Å². The molecular formula is C4H3BrN2OS. The lowest BCUT2D eigenvalue weighted by atomic mass is 11.0. The van der Waals surface area contributed by atoms with Gasteiger partial charge in [-0.15, -0.1) is 0 Å². The molecule has 0 unspecified atom stereocenters. The molecule has 0 spiro atoms. The van der Waals surface area contributed by atoms with Gasteiger partial charge in [0, 0.05) is 0 Å². The van der Waals surface area contributed by atoms with E-state index in [0.29, 0.717) is 11.5 Å². The highest BCUT2D eigenvalue weighted by molar-refractivity contribution is 9.11. The molecule has 0 aliphatic rings. The molecule has 1 rings (SSSR count). The summed E-state index contributed by atoms with van der Waals surface area (Å²) < 4.78 is 0.909. The first kappa shape index (κ1) is 6.70. The molecule has 0 saturated carbocycles. The molecule has 0 radical (unpaired) electrons. The topological polar surface area (TPSA) is 42.0 Å². The van der Waals surface area contributed by atoms with Crippen LogP contribution in [-0.4, -0.2) is 11.4 Å². The SMILES string of the molecule is O=CNc1ncc(Br)s1. The van der Waals surface area contributed by atoms with Gasteiger partial charge in [-0.1, -0.05) is 11.3 Å². The van der Waals surface area contributed by atoms with Crippen LogP contribution in [0.5, 0.6) is 0 Å². The summed E-state index contributed by atoms with van der Waals surface area (Å²) in [5.41, 5.74) is 0. The van der Waals surface area contributed by atoms with E-state index >= 15 is 0 Å². The fraction of sp³-hybridized carbons (Fsp3) is 0. The number of rotatable bonds is 2. The van der Waals surface area contributed by atoms with Crippen molar-refractivity contribution in [1.29, 1.82) is 0 Å². The quantitative estimate of drug-likeness (QED) is 0.746. The van der Waals surface area contributed by atoms with Gasteiger partial charge in [0.2, 0.25) is 6.41 Å². The Balaban J connectivity index is 2.72. The summed E-state index contributed by atoms with van der Waals surface area (Å²) in [6.45, 7) is 0. The van der Waals surface area contributed by atoms with Crippen molar-refractivity contribution >= 4 is 38.8 Å². The predicted octanol–water partition coefficient (Wildman–Crippen LogP) is 1.47. The van der Waals surface area contributed by atoms with Crippen LogP contribution >= 0.6 is 27.3 Å². The number of nitrogens with one attached hydrogen (secondary N) is 1. The Hall–Kier alpha value is -0.420. The number of thiazole rings is 1. The van der Waals surface area contributed by atoms with Gasteiger partial charge in [0.05, 0.1) is 9.98 Å². The van der Waals surface area contributed by atoms with Crippen LogP contribution in [0.3, 0.4) is 0 Å². The number of amides is 1. The predicted molar refractivity (Wildman–Crippen MR) is 39.5 cm³/mol. The fourth-order valence-electron chi connectivity index (χ4n) is 0.372. The van der Waals surface area contributed by atoms with Crippen LogP contribution in [0.1, 0.15) is 0 Å². The van der Waals surface area contributed by atoms with E-state index in [2.05, 4.69) is 26.2 Å². The maximum absolute atomic E-state index is 9.82. The largest absolute Gasteiger partial charge is 0.305 e. The van der Waals surface area contributed by atoms with E-state index in [-0.39, 0.29) is 0 Å². The van der Waals surface area contributed by atoms with Crippen LogP contribution in [0.15, 0.2) is 9.98 Å². The Morgan fingerprint density at radius 2 is 2.67 bits per heavy atom. The Bertz CT molecular complexity index is 212. The minimum atomic E-state index is 0.602. The van der Waals surface area contributed by atoms with Crippen molar-refractivity contribution in [1.82, 2.24) is 4.98 Å². The highest BCUT2D eigenvalue weighted by atomic mass is 79.9. The van der Waals surface area contributed by atoms with Crippen LogP contribution in [-0.2, 0) is 4.79 Å². The minimum absolute atomic E-state index is 0.602. The van der Waals surface area contributed by atoms with E-state index in [1.54, 1.807) is 6.20 Å². The first-order chi connectivity index (χ1) is 4.33. The number of aromatic nitrogens is 1. The summed E-state index contributed by atoms with van der Waals surface area (Å²) in [5, 5.41) is 3.03. The summed E-state index contributed by atoms with van der Waals surface area (Å²) >= 11 is 4.58. The third-order valence-electron chi connectivity index (χ3n) is 0.660. The maximum atomic E-state index is 9.82. The Kier molecular flexibility index (Phi) is 2.18. The van der Waals surface area contributed by atoms with Gasteiger partial charge in [0.25, 0.3) is 0 Å². The summed E-state index contributed by atoms with van der Waals surface area (Å²) in [6, 6.07) is 0. The molecule has 1 amide bonds. The molecule has 1 N–H and O–H groups in total. The van der Waals surface area contributed by atoms with Crippen LogP contribution in [0, 0.1) is 0 Å². The summed E-state index contributed by atoms with van der Waals surface area (Å²) in [7, 11) is 0. The molecule has 0 fully saturated rings. The number of anilines is 1. The van der Waals surface area contributed by atoms with Gasteiger partial charge in [0.15, 0.2) is 5.13 Å². The molecule has 0 aliphatic heterocycles. The van der Waals surface area contributed by atoms with Crippen molar-refractivity contribution < 1.29 is 4.79 Å². The first-order valence-electron chi connectivity index (χ1n) is 2.14. The third kappa shape index (κ3) is 1.76. The number of hydrogen-bond acceptors (Lipinski definition) is 3. The van der Waals surface area contributed by atoms with Crippen LogP contribution in [0.2, 0.25) is 0 Å². The van der Waals surface area contributed by atoms with Gasteiger partial charge >= 0.3 is 0 Å². The van der Waals surface area contributed by atoms with Crippen molar-refractivity contribution in [2.45, 2.75) is 0 Å². The minimum Gasteiger partial charge on any atom is -0.305 e. The molecule has 1 aromatic rings. The molecule has 0 aromatic carbocycles. The number of carbonyl (C=O) groups excluding carboxylic acids is 1. The van der Waals surface area contributed by atoms with Crippen molar-refractivity contribution in [3.8, 4) is 0 Å². The second-order valence-electron chi connectivity index (χ2n) is 1.23. The van der Waals surface area contributed by atoms with Crippen LogP contribution in [0.25, 0.3) is 0 Å². The maximum Gasteiger partial charge on any atom is 0.213 e. The number of hydrogen-bond donors (Lipinski definition) is 1. The summed E-state index contributed by atoms with van der Waals surface area (Å²) in [6.07, 6.45) is 2.24. The molecule has 3 nitrogen and oxygen atoms in total. The smallest absolute Gasteiger partial charge is 0.213 e. The van der Waals surface area contributed by atoms with Gasteiger partial charge in [-0.05, 0) is 15.9 Å². The van der Waals surface area contributed by atoms with Crippen molar-refractivity contribution in [2.24, 2.45) is 0 Å². The Morgan fingerprint density at radius 3 is 3.11 bits per heavy atom. The van der Waals surface area contributed by atoms with E-state index in [4.69, 9.17) is 0 Å². The normalized spacial score (nSPS) is 9.00.